The van der Waals surface area contributed by atoms with Gasteiger partial charge in [0.05, 0.1) is 11.7 Å². The molecule has 0 radical (unpaired) electrons. The standard InChI is InChI=1S/C23H23ClN4S/c1-14-11-19(16(3)28(14)18-8-6-7-17(24)12-18)22-21(20-9-4-5-10-25-20)26-23-27(22)13-15(2)29-23/h4-12,15,21-22H,13H2,1-3H3/t15-,21+,22-/m1/s1. The number of fused-ring (bicyclic) bond motifs is 1. The van der Waals surface area contributed by atoms with Crippen LogP contribution in [0.2, 0.25) is 5.02 Å². The van der Waals surface area contributed by atoms with Crippen molar-refractivity contribution >= 4 is 28.5 Å². The first-order valence-electron chi connectivity index (χ1n) is 9.89. The molecular formula is C23H23ClN4S. The van der Waals surface area contributed by atoms with Crippen LogP contribution in [0, 0.1) is 13.8 Å². The van der Waals surface area contributed by atoms with Crippen LogP contribution in [-0.4, -0.2) is 31.4 Å². The van der Waals surface area contributed by atoms with Crippen LogP contribution in [0.3, 0.4) is 0 Å². The summed E-state index contributed by atoms with van der Waals surface area (Å²) in [6.45, 7) is 7.64. The lowest BCUT2D eigenvalue weighted by Gasteiger charge is -2.27. The number of nitrogens with zero attached hydrogens (tertiary/aromatic N) is 4. The topological polar surface area (TPSA) is 33.4 Å². The molecule has 148 valence electrons. The summed E-state index contributed by atoms with van der Waals surface area (Å²) >= 11 is 8.15. The Morgan fingerprint density at radius 3 is 2.72 bits per heavy atom. The molecule has 2 aromatic heterocycles. The Kier molecular flexibility index (Phi) is 4.67. The lowest BCUT2D eigenvalue weighted by atomic mass is 9.96. The van der Waals surface area contributed by atoms with Gasteiger partial charge in [0.25, 0.3) is 0 Å². The van der Waals surface area contributed by atoms with Gasteiger partial charge in [-0.25, -0.2) is 0 Å². The van der Waals surface area contributed by atoms with E-state index in [1.54, 1.807) is 0 Å². The van der Waals surface area contributed by atoms with E-state index in [4.69, 9.17) is 16.6 Å². The Labute approximate surface area is 180 Å². The Morgan fingerprint density at radius 1 is 1.10 bits per heavy atom. The van der Waals surface area contributed by atoms with Gasteiger partial charge in [0.1, 0.15) is 6.04 Å². The summed E-state index contributed by atoms with van der Waals surface area (Å²) in [5, 5.41) is 2.45. The smallest absolute Gasteiger partial charge is 0.160 e. The molecule has 0 bridgehead atoms. The van der Waals surface area contributed by atoms with E-state index in [1.807, 2.05) is 48.3 Å². The fourth-order valence-electron chi connectivity index (χ4n) is 4.55. The van der Waals surface area contributed by atoms with E-state index in [0.29, 0.717) is 5.25 Å². The molecule has 29 heavy (non-hydrogen) atoms. The molecule has 2 aliphatic rings. The minimum atomic E-state index is 0.0134. The third-order valence-electron chi connectivity index (χ3n) is 5.74. The van der Waals surface area contributed by atoms with Crippen molar-refractivity contribution in [3.05, 3.63) is 82.4 Å². The molecule has 1 saturated heterocycles. The van der Waals surface area contributed by atoms with Gasteiger partial charge in [-0.2, -0.15) is 0 Å². The summed E-state index contributed by atoms with van der Waals surface area (Å²) in [4.78, 5) is 12.2. The Balaban J connectivity index is 1.63. The zero-order chi connectivity index (χ0) is 20.1. The van der Waals surface area contributed by atoms with Gasteiger partial charge in [-0.1, -0.05) is 42.4 Å². The highest BCUT2D eigenvalue weighted by Gasteiger charge is 2.44. The highest BCUT2D eigenvalue weighted by atomic mass is 35.5. The Hall–Kier alpha value is -2.24. The second-order valence-corrected chi connectivity index (χ2v) is 9.62. The molecule has 0 N–H and O–H groups in total. The number of hydrogen-bond acceptors (Lipinski definition) is 4. The molecule has 4 nitrogen and oxygen atoms in total. The third-order valence-corrected chi connectivity index (χ3v) is 7.07. The summed E-state index contributed by atoms with van der Waals surface area (Å²) in [7, 11) is 0. The summed E-state index contributed by atoms with van der Waals surface area (Å²) in [6, 6.07) is 16.6. The molecule has 4 heterocycles. The number of pyridine rings is 1. The van der Waals surface area contributed by atoms with Gasteiger partial charge in [-0.05, 0) is 55.8 Å². The molecule has 0 saturated carbocycles. The average molecular weight is 423 g/mol. The molecule has 0 spiro atoms. The second-order valence-electron chi connectivity index (χ2n) is 7.78. The summed E-state index contributed by atoms with van der Waals surface area (Å²) in [5.74, 6) is 0. The number of aliphatic imine (C=N–C) groups is 1. The summed E-state index contributed by atoms with van der Waals surface area (Å²) < 4.78 is 2.29. The third kappa shape index (κ3) is 3.17. The van der Waals surface area contributed by atoms with E-state index >= 15 is 0 Å². The SMILES string of the molecule is Cc1cc([C@@H]2[C@H](c3ccccn3)N=C3S[C@H](C)CN32)c(C)n1-c1cccc(Cl)c1. The molecular weight excluding hydrogens is 400 g/mol. The first-order chi connectivity index (χ1) is 14.0. The van der Waals surface area contributed by atoms with Crippen LogP contribution in [0.25, 0.3) is 5.69 Å². The van der Waals surface area contributed by atoms with Crippen molar-refractivity contribution in [2.45, 2.75) is 38.1 Å². The summed E-state index contributed by atoms with van der Waals surface area (Å²) in [6.07, 6.45) is 1.86. The van der Waals surface area contributed by atoms with Crippen molar-refractivity contribution in [3.63, 3.8) is 0 Å². The van der Waals surface area contributed by atoms with Gasteiger partial charge < -0.3 is 9.47 Å². The number of thioether (sulfide) groups is 1. The molecule has 6 heteroatoms. The van der Waals surface area contributed by atoms with Gasteiger partial charge in [-0.3, -0.25) is 9.98 Å². The molecule has 0 aliphatic carbocycles. The van der Waals surface area contributed by atoms with Gasteiger partial charge in [0, 0.05) is 40.1 Å². The quantitative estimate of drug-likeness (QED) is 0.540. The van der Waals surface area contributed by atoms with Crippen LogP contribution in [0.1, 0.15) is 41.7 Å². The maximum atomic E-state index is 6.27. The van der Waals surface area contributed by atoms with Crippen LogP contribution >= 0.6 is 23.4 Å². The zero-order valence-corrected chi connectivity index (χ0v) is 18.3. The zero-order valence-electron chi connectivity index (χ0n) is 16.7. The molecule has 2 aliphatic heterocycles. The van der Waals surface area contributed by atoms with Crippen molar-refractivity contribution < 1.29 is 0 Å². The molecule has 3 aromatic rings. The maximum Gasteiger partial charge on any atom is 0.160 e. The predicted octanol–water partition coefficient (Wildman–Crippen LogP) is 5.73. The lowest BCUT2D eigenvalue weighted by molar-refractivity contribution is 0.320. The molecule has 1 fully saturated rings. The van der Waals surface area contributed by atoms with Crippen molar-refractivity contribution in [1.29, 1.82) is 0 Å². The number of rotatable bonds is 3. The molecule has 0 amide bonds. The van der Waals surface area contributed by atoms with Crippen LogP contribution in [-0.2, 0) is 0 Å². The van der Waals surface area contributed by atoms with E-state index in [2.05, 4.69) is 53.4 Å². The minimum Gasteiger partial charge on any atom is -0.341 e. The maximum absolute atomic E-state index is 6.27. The largest absolute Gasteiger partial charge is 0.341 e. The number of benzene rings is 1. The monoisotopic (exact) mass is 422 g/mol. The number of hydrogen-bond donors (Lipinski definition) is 0. The average Bonchev–Trinajstić information content (AvgIpc) is 3.32. The number of amidine groups is 1. The van der Waals surface area contributed by atoms with Gasteiger partial charge in [0.2, 0.25) is 0 Å². The minimum absolute atomic E-state index is 0.0134. The Bertz CT molecular complexity index is 1090. The summed E-state index contributed by atoms with van der Waals surface area (Å²) in [5.41, 5.74) is 5.87. The van der Waals surface area contributed by atoms with Crippen molar-refractivity contribution in [1.82, 2.24) is 14.5 Å². The number of aryl methyl sites for hydroxylation is 1. The van der Waals surface area contributed by atoms with E-state index in [-0.39, 0.29) is 12.1 Å². The lowest BCUT2D eigenvalue weighted by Crippen LogP contribution is -2.28. The van der Waals surface area contributed by atoms with Crippen molar-refractivity contribution in [2.75, 3.05) is 6.54 Å². The van der Waals surface area contributed by atoms with Gasteiger partial charge in [-0.15, -0.1) is 0 Å². The van der Waals surface area contributed by atoms with E-state index in [9.17, 15) is 0 Å². The van der Waals surface area contributed by atoms with Crippen molar-refractivity contribution in [3.8, 4) is 5.69 Å². The predicted molar refractivity (Wildman–Crippen MR) is 121 cm³/mol. The van der Waals surface area contributed by atoms with E-state index in [1.165, 1.54) is 17.0 Å². The fourth-order valence-corrected chi connectivity index (χ4v) is 5.83. The number of aromatic nitrogens is 2. The van der Waals surface area contributed by atoms with Gasteiger partial charge in [0.15, 0.2) is 5.17 Å². The first-order valence-corrected chi connectivity index (χ1v) is 11.2. The van der Waals surface area contributed by atoms with Crippen LogP contribution < -0.4 is 0 Å². The second kappa shape index (κ2) is 7.22. The highest BCUT2D eigenvalue weighted by Crippen LogP contribution is 2.48. The molecule has 5 rings (SSSR count). The first kappa shape index (κ1) is 18.8. The highest BCUT2D eigenvalue weighted by molar-refractivity contribution is 8.14. The van der Waals surface area contributed by atoms with Crippen LogP contribution in [0.5, 0.6) is 0 Å². The van der Waals surface area contributed by atoms with E-state index in [0.717, 1.165) is 28.1 Å². The fraction of sp³-hybridized carbons (Fsp3) is 0.304. The normalized spacial score (nSPS) is 23.4. The van der Waals surface area contributed by atoms with E-state index < -0.39 is 0 Å². The molecule has 3 atom stereocenters. The van der Waals surface area contributed by atoms with Gasteiger partial charge >= 0.3 is 0 Å². The number of halogens is 1. The molecule has 1 aromatic carbocycles. The van der Waals surface area contributed by atoms with Crippen LogP contribution in [0.15, 0.2) is 59.7 Å². The van der Waals surface area contributed by atoms with Crippen LogP contribution in [0.4, 0.5) is 0 Å². The Morgan fingerprint density at radius 2 is 1.97 bits per heavy atom. The molecule has 0 unspecified atom stereocenters. The van der Waals surface area contributed by atoms with Crippen molar-refractivity contribution in [2.24, 2.45) is 4.99 Å².